The molecule has 0 bridgehead atoms. The summed E-state index contributed by atoms with van der Waals surface area (Å²) in [5, 5.41) is 0. The van der Waals surface area contributed by atoms with Crippen molar-refractivity contribution in [1.29, 1.82) is 0 Å². The van der Waals surface area contributed by atoms with Gasteiger partial charge in [-0.15, -0.1) is 14.1 Å². The third-order valence-electron chi connectivity index (χ3n) is 7.07. The zero-order valence-corrected chi connectivity index (χ0v) is 20.7. The topological polar surface area (TPSA) is 3.24 Å². The van der Waals surface area contributed by atoms with Crippen molar-refractivity contribution in [3.05, 3.63) is 62.6 Å². The lowest BCUT2D eigenvalue weighted by Crippen LogP contribution is -2.55. The first-order valence-electron chi connectivity index (χ1n) is 11.3. The summed E-state index contributed by atoms with van der Waals surface area (Å²) in [6.07, 6.45) is 0. The molecule has 0 saturated heterocycles. The lowest BCUT2D eigenvalue weighted by Gasteiger charge is -2.52. The second kappa shape index (κ2) is 9.11. The Labute approximate surface area is 186 Å². The SMILES string of the molecule is [CH2-][N+](c1ccccc1N(C)c1ccccc1[N+]([CH2-])(C(C)C)C(C)C)(C(C)C)C(C)C. The van der Waals surface area contributed by atoms with E-state index >= 15 is 0 Å². The average Bonchev–Trinajstić information content (AvgIpc) is 2.71. The van der Waals surface area contributed by atoms with E-state index in [2.05, 4.69) is 116 Å². The van der Waals surface area contributed by atoms with Crippen LogP contribution in [0.2, 0.25) is 0 Å². The van der Waals surface area contributed by atoms with Crippen molar-refractivity contribution >= 4 is 22.7 Å². The molecule has 2 aromatic rings. The molecule has 0 aliphatic heterocycles. The Balaban J connectivity index is 2.73. The van der Waals surface area contributed by atoms with Crippen LogP contribution in [0.15, 0.2) is 48.5 Å². The molecule has 0 heterocycles. The first-order valence-corrected chi connectivity index (χ1v) is 11.3. The van der Waals surface area contributed by atoms with Gasteiger partial charge >= 0.3 is 0 Å². The summed E-state index contributed by atoms with van der Waals surface area (Å²) in [7, 11) is 11.6. The Morgan fingerprint density at radius 2 is 0.833 bits per heavy atom. The van der Waals surface area contributed by atoms with E-state index in [0.717, 1.165) is 0 Å². The van der Waals surface area contributed by atoms with Gasteiger partial charge in [-0.1, -0.05) is 24.3 Å². The van der Waals surface area contributed by atoms with Gasteiger partial charge in [0.15, 0.2) is 0 Å². The lowest BCUT2D eigenvalue weighted by atomic mass is 10.0. The van der Waals surface area contributed by atoms with Gasteiger partial charge < -0.3 is 13.9 Å². The normalized spacial score (nSPS) is 13.0. The number of benzene rings is 2. The average molecular weight is 410 g/mol. The zero-order chi connectivity index (χ0) is 22.9. The number of nitrogens with zero attached hydrogens (tertiary/aromatic N) is 3. The summed E-state index contributed by atoms with van der Waals surface area (Å²) in [4.78, 5) is 2.33. The molecule has 30 heavy (non-hydrogen) atoms. The highest BCUT2D eigenvalue weighted by molar-refractivity contribution is 5.82. The van der Waals surface area contributed by atoms with Gasteiger partial charge in [0.2, 0.25) is 0 Å². The number of rotatable bonds is 8. The van der Waals surface area contributed by atoms with Crippen LogP contribution in [0.1, 0.15) is 55.4 Å². The van der Waals surface area contributed by atoms with Gasteiger partial charge in [0.1, 0.15) is 22.7 Å². The lowest BCUT2D eigenvalue weighted by molar-refractivity contribution is 0.249. The molecule has 166 valence electrons. The van der Waals surface area contributed by atoms with Gasteiger partial charge in [0.25, 0.3) is 0 Å². The molecule has 0 aromatic heterocycles. The summed E-state index contributed by atoms with van der Waals surface area (Å²) in [6.45, 7) is 18.1. The summed E-state index contributed by atoms with van der Waals surface area (Å²) in [6, 6.07) is 18.9. The molecule has 0 aliphatic rings. The maximum atomic E-state index is 4.70. The van der Waals surface area contributed by atoms with Crippen molar-refractivity contribution in [2.24, 2.45) is 0 Å². The standard InChI is InChI=1S/C27H43N3/c1-20(2)29(10,21(3)4)26-18-14-12-16-24(26)28(9)25-17-13-15-19-27(25)30(11,22(5)6)23(7)8/h12-23H,10-11H2,1-9H3. The fraction of sp³-hybridized carbons (Fsp3) is 0.481. The molecule has 0 aliphatic carbocycles. The summed E-state index contributed by atoms with van der Waals surface area (Å²) >= 11 is 0. The van der Waals surface area contributed by atoms with E-state index in [9.17, 15) is 0 Å². The quantitative estimate of drug-likeness (QED) is 0.327. The third kappa shape index (κ3) is 4.02. The minimum absolute atomic E-state index is 0.365. The molecule has 0 unspecified atom stereocenters. The molecule has 2 rings (SSSR count). The molecule has 0 amide bonds. The van der Waals surface area contributed by atoms with Crippen molar-refractivity contribution in [2.75, 3.05) is 11.9 Å². The Morgan fingerprint density at radius 3 is 1.10 bits per heavy atom. The van der Waals surface area contributed by atoms with Crippen LogP contribution in [-0.2, 0) is 0 Å². The van der Waals surface area contributed by atoms with E-state index in [-0.39, 0.29) is 0 Å². The Bertz CT molecular complexity index is 750. The smallest absolute Gasteiger partial charge is 0.130 e. The fourth-order valence-corrected chi connectivity index (χ4v) is 4.63. The van der Waals surface area contributed by atoms with Gasteiger partial charge in [-0.05, 0) is 79.7 Å². The number of para-hydroxylation sites is 4. The number of hydrogen-bond acceptors (Lipinski definition) is 1. The Hall–Kier alpha value is -1.84. The maximum absolute atomic E-state index is 4.70. The van der Waals surface area contributed by atoms with E-state index in [1.807, 2.05) is 0 Å². The zero-order valence-electron chi connectivity index (χ0n) is 20.7. The van der Waals surface area contributed by atoms with E-state index in [0.29, 0.717) is 33.1 Å². The number of quaternary nitrogens is 2. The van der Waals surface area contributed by atoms with E-state index < -0.39 is 0 Å². The Kier molecular flexibility index (Phi) is 7.42. The predicted octanol–water partition coefficient (Wildman–Crippen LogP) is 7.29. The Morgan fingerprint density at radius 1 is 0.567 bits per heavy atom. The molecule has 0 spiro atoms. The number of anilines is 2. The van der Waals surface area contributed by atoms with Crippen LogP contribution in [0, 0.1) is 14.1 Å². The van der Waals surface area contributed by atoms with Crippen molar-refractivity contribution in [3.8, 4) is 0 Å². The molecule has 2 aromatic carbocycles. The van der Waals surface area contributed by atoms with Crippen LogP contribution in [0.4, 0.5) is 22.7 Å². The monoisotopic (exact) mass is 409 g/mol. The van der Waals surface area contributed by atoms with E-state index in [1.54, 1.807) is 0 Å². The van der Waals surface area contributed by atoms with Gasteiger partial charge in [-0.2, -0.15) is 0 Å². The van der Waals surface area contributed by atoms with Crippen LogP contribution in [-0.4, -0.2) is 31.2 Å². The predicted molar refractivity (Wildman–Crippen MR) is 136 cm³/mol. The maximum Gasteiger partial charge on any atom is 0.130 e. The summed E-state index contributed by atoms with van der Waals surface area (Å²) < 4.78 is 1.28. The van der Waals surface area contributed by atoms with Crippen LogP contribution < -0.4 is 13.9 Å². The third-order valence-corrected chi connectivity index (χ3v) is 7.07. The van der Waals surface area contributed by atoms with Gasteiger partial charge in [0.05, 0.1) is 24.2 Å². The van der Waals surface area contributed by atoms with Crippen molar-refractivity contribution in [3.63, 3.8) is 0 Å². The second-order valence-electron chi connectivity index (χ2n) is 9.77. The van der Waals surface area contributed by atoms with Crippen LogP contribution in [0.25, 0.3) is 0 Å². The largest absolute Gasteiger partial charge is 0.418 e. The molecule has 0 radical (unpaired) electrons. The van der Waals surface area contributed by atoms with Crippen LogP contribution in [0.5, 0.6) is 0 Å². The highest BCUT2D eigenvalue weighted by Gasteiger charge is 2.33. The molecule has 0 fully saturated rings. The van der Waals surface area contributed by atoms with Crippen LogP contribution in [0.3, 0.4) is 0 Å². The molecule has 0 N–H and O–H groups in total. The van der Waals surface area contributed by atoms with Crippen molar-refractivity contribution in [2.45, 2.75) is 79.6 Å². The summed E-state index contributed by atoms with van der Waals surface area (Å²) in [5.41, 5.74) is 4.88. The number of hydrogen-bond donors (Lipinski definition) is 0. The first-order chi connectivity index (χ1) is 13.9. The van der Waals surface area contributed by atoms with Crippen LogP contribution >= 0.6 is 0 Å². The molecular formula is C27H43N3. The van der Waals surface area contributed by atoms with Gasteiger partial charge in [0, 0.05) is 7.05 Å². The van der Waals surface area contributed by atoms with E-state index in [4.69, 9.17) is 14.1 Å². The van der Waals surface area contributed by atoms with E-state index in [1.165, 1.54) is 22.7 Å². The van der Waals surface area contributed by atoms with Crippen molar-refractivity contribution < 1.29 is 0 Å². The van der Waals surface area contributed by atoms with Crippen molar-refractivity contribution in [1.82, 2.24) is 8.97 Å². The summed E-state index contributed by atoms with van der Waals surface area (Å²) in [5.74, 6) is 0. The fourth-order valence-electron chi connectivity index (χ4n) is 4.63. The highest BCUT2D eigenvalue weighted by atomic mass is 15.4. The molecular weight excluding hydrogens is 366 g/mol. The first kappa shape index (κ1) is 24.4. The minimum Gasteiger partial charge on any atom is -0.418 e. The van der Waals surface area contributed by atoms with Gasteiger partial charge in [-0.3, -0.25) is 0 Å². The molecule has 0 atom stereocenters. The highest BCUT2D eigenvalue weighted by Crippen LogP contribution is 2.44. The molecule has 3 nitrogen and oxygen atoms in total. The molecule has 0 saturated carbocycles. The molecule has 3 heteroatoms. The minimum atomic E-state index is 0.365. The van der Waals surface area contributed by atoms with Gasteiger partial charge in [-0.25, -0.2) is 0 Å². The second-order valence-corrected chi connectivity index (χ2v) is 9.77.